The third-order valence-electron chi connectivity index (χ3n) is 3.42. The number of epoxide rings is 1. The van der Waals surface area contributed by atoms with Crippen LogP contribution in [0.3, 0.4) is 0 Å². The van der Waals surface area contributed by atoms with Crippen LogP contribution in [0.2, 0.25) is 0 Å². The normalized spacial score (nSPS) is 37.1. The standard InChI is InChI=1S/C12H12F2O/c13-11(14)6-7-12(10(8-11)15-12)9-4-2-1-3-5-9/h1-5,10H,6-8H2/t10-,12+/m1/s1. The number of ether oxygens (including phenoxy) is 1. The summed E-state index contributed by atoms with van der Waals surface area (Å²) in [6.07, 6.45) is -0.0155. The van der Waals surface area contributed by atoms with Gasteiger partial charge in [0.2, 0.25) is 0 Å². The van der Waals surface area contributed by atoms with Crippen molar-refractivity contribution in [1.82, 2.24) is 0 Å². The van der Waals surface area contributed by atoms with E-state index in [1.165, 1.54) is 0 Å². The van der Waals surface area contributed by atoms with Gasteiger partial charge in [-0.15, -0.1) is 0 Å². The van der Waals surface area contributed by atoms with Crippen molar-refractivity contribution in [3.63, 3.8) is 0 Å². The highest BCUT2D eigenvalue weighted by molar-refractivity contribution is 5.30. The maximum atomic E-state index is 13.1. The van der Waals surface area contributed by atoms with Crippen molar-refractivity contribution in [3.8, 4) is 0 Å². The Labute approximate surface area is 87.1 Å². The lowest BCUT2D eigenvalue weighted by Crippen LogP contribution is -2.30. The van der Waals surface area contributed by atoms with Crippen LogP contribution in [0, 0.1) is 0 Å². The molecule has 0 radical (unpaired) electrons. The number of halogens is 2. The van der Waals surface area contributed by atoms with Crippen molar-refractivity contribution >= 4 is 0 Å². The molecule has 0 amide bonds. The first kappa shape index (κ1) is 9.28. The lowest BCUT2D eigenvalue weighted by atomic mass is 9.82. The molecule has 1 heterocycles. The van der Waals surface area contributed by atoms with Crippen LogP contribution >= 0.6 is 0 Å². The van der Waals surface area contributed by atoms with Crippen LogP contribution in [0.25, 0.3) is 0 Å². The van der Waals surface area contributed by atoms with Crippen molar-refractivity contribution in [3.05, 3.63) is 35.9 Å². The van der Waals surface area contributed by atoms with Crippen LogP contribution < -0.4 is 0 Å². The zero-order valence-corrected chi connectivity index (χ0v) is 8.25. The van der Waals surface area contributed by atoms with Crippen LogP contribution in [0.15, 0.2) is 30.3 Å². The second-order valence-corrected chi connectivity index (χ2v) is 4.42. The smallest absolute Gasteiger partial charge is 0.250 e. The first-order chi connectivity index (χ1) is 7.12. The predicted molar refractivity (Wildman–Crippen MR) is 51.8 cm³/mol. The van der Waals surface area contributed by atoms with Gasteiger partial charge in [-0.05, 0) is 12.0 Å². The van der Waals surface area contributed by atoms with E-state index in [1.807, 2.05) is 30.3 Å². The van der Waals surface area contributed by atoms with E-state index in [1.54, 1.807) is 0 Å². The van der Waals surface area contributed by atoms with Crippen LogP contribution in [-0.4, -0.2) is 12.0 Å². The Hall–Kier alpha value is -0.960. The summed E-state index contributed by atoms with van der Waals surface area (Å²) in [5.41, 5.74) is 0.661. The number of hydrogen-bond donors (Lipinski definition) is 0. The molecule has 2 aliphatic rings. The van der Waals surface area contributed by atoms with Crippen LogP contribution in [0.5, 0.6) is 0 Å². The van der Waals surface area contributed by atoms with Gasteiger partial charge in [-0.1, -0.05) is 30.3 Å². The number of alkyl halides is 2. The molecular formula is C12H12F2O. The minimum absolute atomic E-state index is 0.0571. The van der Waals surface area contributed by atoms with Gasteiger partial charge >= 0.3 is 0 Å². The average molecular weight is 210 g/mol. The summed E-state index contributed by atoms with van der Waals surface area (Å²) < 4.78 is 31.7. The van der Waals surface area contributed by atoms with Crippen molar-refractivity contribution in [2.45, 2.75) is 36.9 Å². The van der Waals surface area contributed by atoms with Gasteiger partial charge in [0.25, 0.3) is 5.92 Å². The van der Waals surface area contributed by atoms with Gasteiger partial charge in [0.05, 0.1) is 6.10 Å². The SMILES string of the molecule is FC1(F)CC[C@@]2(c3ccccc3)O[C@@H]2C1. The van der Waals surface area contributed by atoms with E-state index in [0.717, 1.165) is 5.56 Å². The highest BCUT2D eigenvalue weighted by Gasteiger charge is 2.64. The molecule has 1 aliphatic heterocycles. The molecule has 1 nitrogen and oxygen atoms in total. The number of rotatable bonds is 1. The first-order valence-electron chi connectivity index (χ1n) is 5.24. The molecule has 3 rings (SSSR count). The van der Waals surface area contributed by atoms with Gasteiger partial charge in [-0.2, -0.15) is 0 Å². The van der Waals surface area contributed by atoms with E-state index in [0.29, 0.717) is 6.42 Å². The van der Waals surface area contributed by atoms with Gasteiger partial charge < -0.3 is 4.74 Å². The van der Waals surface area contributed by atoms with E-state index >= 15 is 0 Å². The Morgan fingerprint density at radius 3 is 2.53 bits per heavy atom. The molecular weight excluding hydrogens is 198 g/mol. The average Bonchev–Trinajstić information content (AvgIpc) is 2.92. The molecule has 80 valence electrons. The Bertz CT molecular complexity index is 376. The molecule has 3 heteroatoms. The summed E-state index contributed by atoms with van der Waals surface area (Å²) in [5.74, 6) is -2.53. The van der Waals surface area contributed by atoms with Crippen molar-refractivity contribution in [2.75, 3.05) is 0 Å². The largest absolute Gasteiger partial charge is 0.361 e. The van der Waals surface area contributed by atoms with Crippen LogP contribution in [-0.2, 0) is 10.3 Å². The molecule has 15 heavy (non-hydrogen) atoms. The molecule has 2 fully saturated rings. The third-order valence-corrected chi connectivity index (χ3v) is 3.42. The molecule has 2 atom stereocenters. The molecule has 0 aromatic heterocycles. The van der Waals surface area contributed by atoms with Gasteiger partial charge in [-0.25, -0.2) is 8.78 Å². The Balaban J connectivity index is 1.86. The fourth-order valence-electron chi connectivity index (χ4n) is 2.51. The van der Waals surface area contributed by atoms with E-state index in [9.17, 15) is 8.78 Å². The Morgan fingerprint density at radius 2 is 1.87 bits per heavy atom. The highest BCUT2D eigenvalue weighted by atomic mass is 19.3. The zero-order valence-electron chi connectivity index (χ0n) is 8.25. The quantitative estimate of drug-likeness (QED) is 0.649. The Kier molecular flexibility index (Phi) is 1.72. The lowest BCUT2D eigenvalue weighted by Gasteiger charge is -2.24. The second-order valence-electron chi connectivity index (χ2n) is 4.42. The molecule has 0 spiro atoms. The molecule has 1 aromatic carbocycles. The molecule has 0 bridgehead atoms. The van der Waals surface area contributed by atoms with Gasteiger partial charge in [0.1, 0.15) is 5.60 Å². The summed E-state index contributed by atoms with van der Waals surface area (Å²) in [6, 6.07) is 9.70. The van der Waals surface area contributed by atoms with Gasteiger partial charge in [0, 0.05) is 12.8 Å². The number of hydrogen-bond acceptors (Lipinski definition) is 1. The lowest BCUT2D eigenvalue weighted by molar-refractivity contribution is -0.0328. The minimum Gasteiger partial charge on any atom is -0.361 e. The molecule has 0 unspecified atom stereocenters. The van der Waals surface area contributed by atoms with Gasteiger partial charge in [0.15, 0.2) is 0 Å². The summed E-state index contributed by atoms with van der Waals surface area (Å²) >= 11 is 0. The zero-order chi connectivity index (χ0) is 10.5. The molecule has 1 aliphatic carbocycles. The van der Waals surface area contributed by atoms with Crippen molar-refractivity contribution in [1.29, 1.82) is 0 Å². The van der Waals surface area contributed by atoms with Gasteiger partial charge in [-0.3, -0.25) is 0 Å². The predicted octanol–water partition coefficient (Wildman–Crippen LogP) is 3.10. The summed E-state index contributed by atoms with van der Waals surface area (Å²) in [5, 5.41) is 0. The van der Waals surface area contributed by atoms with E-state index in [-0.39, 0.29) is 24.5 Å². The second kappa shape index (κ2) is 2.79. The maximum absolute atomic E-state index is 13.1. The van der Waals surface area contributed by atoms with E-state index in [2.05, 4.69) is 0 Å². The molecule has 0 N–H and O–H groups in total. The summed E-state index contributed by atoms with van der Waals surface area (Å²) in [7, 11) is 0. The monoisotopic (exact) mass is 210 g/mol. The minimum atomic E-state index is -2.53. The number of fused-ring (bicyclic) bond motifs is 1. The third kappa shape index (κ3) is 1.37. The summed E-state index contributed by atoms with van der Waals surface area (Å²) in [6.45, 7) is 0. The summed E-state index contributed by atoms with van der Waals surface area (Å²) in [4.78, 5) is 0. The van der Waals surface area contributed by atoms with E-state index < -0.39 is 5.92 Å². The Morgan fingerprint density at radius 1 is 1.13 bits per heavy atom. The fraction of sp³-hybridized carbons (Fsp3) is 0.500. The first-order valence-corrected chi connectivity index (χ1v) is 5.24. The topological polar surface area (TPSA) is 12.5 Å². The van der Waals surface area contributed by atoms with Crippen molar-refractivity contribution < 1.29 is 13.5 Å². The molecule has 1 aromatic rings. The van der Waals surface area contributed by atoms with E-state index in [4.69, 9.17) is 4.74 Å². The van der Waals surface area contributed by atoms with Crippen LogP contribution in [0.1, 0.15) is 24.8 Å². The molecule has 1 saturated carbocycles. The van der Waals surface area contributed by atoms with Crippen molar-refractivity contribution in [2.24, 2.45) is 0 Å². The highest BCUT2D eigenvalue weighted by Crippen LogP contribution is 2.58. The molecule has 1 saturated heterocycles. The fourth-order valence-corrected chi connectivity index (χ4v) is 2.51. The van der Waals surface area contributed by atoms with Crippen LogP contribution in [0.4, 0.5) is 8.78 Å². The maximum Gasteiger partial charge on any atom is 0.250 e. The number of benzene rings is 1.